The van der Waals surface area contributed by atoms with E-state index in [9.17, 15) is 14.7 Å². The number of aliphatic carboxylic acids is 1. The van der Waals surface area contributed by atoms with E-state index in [0.717, 1.165) is 0 Å². The first kappa shape index (κ1) is 14.2. The van der Waals surface area contributed by atoms with Gasteiger partial charge in [0.15, 0.2) is 0 Å². The molecule has 0 aliphatic carbocycles. The van der Waals surface area contributed by atoms with Crippen LogP contribution < -0.4 is 5.32 Å². The number of carbonyl (C=O) groups excluding carboxylic acids is 1. The predicted molar refractivity (Wildman–Crippen MR) is 66.2 cm³/mol. The van der Waals surface area contributed by atoms with Crippen molar-refractivity contribution in [3.8, 4) is 0 Å². The maximum Gasteiger partial charge on any atom is 0.305 e. The van der Waals surface area contributed by atoms with Gasteiger partial charge in [0, 0.05) is 12.1 Å². The van der Waals surface area contributed by atoms with Crippen LogP contribution in [0.5, 0.6) is 0 Å². The van der Waals surface area contributed by atoms with E-state index in [-0.39, 0.29) is 24.8 Å². The van der Waals surface area contributed by atoms with Crippen molar-refractivity contribution >= 4 is 11.9 Å². The fourth-order valence-electron chi connectivity index (χ4n) is 1.46. The normalized spacial score (nSPS) is 13.7. The van der Waals surface area contributed by atoms with Gasteiger partial charge in [-0.15, -0.1) is 0 Å². The Morgan fingerprint density at radius 3 is 2.44 bits per heavy atom. The van der Waals surface area contributed by atoms with Crippen molar-refractivity contribution in [3.63, 3.8) is 0 Å². The second kappa shape index (κ2) is 6.76. The van der Waals surface area contributed by atoms with Crippen molar-refractivity contribution in [2.24, 2.45) is 5.92 Å². The van der Waals surface area contributed by atoms with Gasteiger partial charge in [-0.2, -0.15) is 0 Å². The zero-order chi connectivity index (χ0) is 13.5. The fourth-order valence-corrected chi connectivity index (χ4v) is 1.46. The van der Waals surface area contributed by atoms with Crippen molar-refractivity contribution in [1.82, 2.24) is 5.32 Å². The van der Waals surface area contributed by atoms with Gasteiger partial charge in [0.05, 0.1) is 12.5 Å². The van der Waals surface area contributed by atoms with Crippen LogP contribution in [0.15, 0.2) is 30.3 Å². The van der Waals surface area contributed by atoms with Crippen molar-refractivity contribution < 1.29 is 19.8 Å². The summed E-state index contributed by atoms with van der Waals surface area (Å²) in [6, 6.07) is 8.71. The molecule has 0 aliphatic heterocycles. The van der Waals surface area contributed by atoms with Crippen LogP contribution in [-0.4, -0.2) is 34.7 Å². The minimum absolute atomic E-state index is 0.232. The molecule has 2 atom stereocenters. The molecular formula is C13H17NO4. The maximum atomic E-state index is 11.7. The van der Waals surface area contributed by atoms with Gasteiger partial charge < -0.3 is 15.5 Å². The minimum Gasteiger partial charge on any atom is -0.481 e. The molecule has 5 heteroatoms. The lowest BCUT2D eigenvalue weighted by molar-refractivity contribution is -0.139. The number of amides is 1. The average molecular weight is 251 g/mol. The Labute approximate surface area is 105 Å². The van der Waals surface area contributed by atoms with Crippen LogP contribution in [0.25, 0.3) is 0 Å². The lowest BCUT2D eigenvalue weighted by Gasteiger charge is -2.17. The van der Waals surface area contributed by atoms with E-state index in [1.807, 2.05) is 6.07 Å². The molecular weight excluding hydrogens is 234 g/mol. The number of rotatable bonds is 6. The lowest BCUT2D eigenvalue weighted by Crippen LogP contribution is -2.34. The molecule has 0 saturated heterocycles. The molecule has 1 amide bonds. The Balaban J connectivity index is 2.41. The van der Waals surface area contributed by atoms with Crippen LogP contribution in [0.1, 0.15) is 23.7 Å². The number of carbonyl (C=O) groups is 2. The summed E-state index contributed by atoms with van der Waals surface area (Å²) in [7, 11) is 0. The summed E-state index contributed by atoms with van der Waals surface area (Å²) in [6.07, 6.45) is -1.28. The summed E-state index contributed by atoms with van der Waals surface area (Å²) in [6.45, 7) is 1.93. The zero-order valence-electron chi connectivity index (χ0n) is 10.2. The van der Waals surface area contributed by atoms with Crippen molar-refractivity contribution in [2.45, 2.75) is 19.4 Å². The Kier molecular flexibility index (Phi) is 5.32. The molecule has 1 rings (SSSR count). The van der Waals surface area contributed by atoms with E-state index >= 15 is 0 Å². The number of hydrogen-bond acceptors (Lipinski definition) is 3. The molecule has 98 valence electrons. The molecule has 3 N–H and O–H groups in total. The highest BCUT2D eigenvalue weighted by Crippen LogP contribution is 2.06. The second-order valence-electron chi connectivity index (χ2n) is 4.22. The Hall–Kier alpha value is -1.88. The van der Waals surface area contributed by atoms with Crippen molar-refractivity contribution in [3.05, 3.63) is 35.9 Å². The van der Waals surface area contributed by atoms with Crippen LogP contribution in [0.3, 0.4) is 0 Å². The van der Waals surface area contributed by atoms with E-state index in [4.69, 9.17) is 5.11 Å². The molecule has 0 spiro atoms. The summed E-state index contributed by atoms with van der Waals surface area (Å²) in [5.41, 5.74) is 0.539. The molecule has 0 radical (unpaired) electrons. The standard InChI is InChI=1S/C13H17NO4/c1-9(11(15)7-12(16)17)8-14-13(18)10-5-3-2-4-6-10/h2-6,9,11,15H,7-8H2,1H3,(H,14,18)(H,16,17)/t9?,11-/m1/s1. The summed E-state index contributed by atoms with van der Waals surface area (Å²) in [5, 5.41) is 20.7. The quantitative estimate of drug-likeness (QED) is 0.700. The van der Waals surface area contributed by atoms with Gasteiger partial charge in [0.1, 0.15) is 0 Å². The van der Waals surface area contributed by atoms with Gasteiger partial charge in [-0.25, -0.2) is 0 Å². The van der Waals surface area contributed by atoms with E-state index < -0.39 is 12.1 Å². The van der Waals surface area contributed by atoms with E-state index in [0.29, 0.717) is 5.56 Å². The molecule has 0 bridgehead atoms. The third kappa shape index (κ3) is 4.55. The first-order chi connectivity index (χ1) is 8.50. The third-order valence-electron chi connectivity index (χ3n) is 2.66. The topological polar surface area (TPSA) is 86.6 Å². The number of nitrogens with one attached hydrogen (secondary N) is 1. The molecule has 0 aromatic heterocycles. The molecule has 5 nitrogen and oxygen atoms in total. The Bertz CT molecular complexity index is 405. The van der Waals surface area contributed by atoms with Crippen LogP contribution >= 0.6 is 0 Å². The van der Waals surface area contributed by atoms with E-state index in [2.05, 4.69) is 5.32 Å². The number of aliphatic hydroxyl groups excluding tert-OH is 1. The molecule has 0 aliphatic rings. The van der Waals surface area contributed by atoms with Gasteiger partial charge in [-0.1, -0.05) is 25.1 Å². The Morgan fingerprint density at radius 1 is 1.28 bits per heavy atom. The predicted octanol–water partition coefficient (Wildman–Crippen LogP) is 0.888. The van der Waals surface area contributed by atoms with Crippen LogP contribution in [0, 0.1) is 5.92 Å². The average Bonchev–Trinajstić information content (AvgIpc) is 2.35. The van der Waals surface area contributed by atoms with Gasteiger partial charge in [-0.3, -0.25) is 9.59 Å². The number of carboxylic acid groups (broad SMARTS) is 1. The summed E-state index contributed by atoms with van der Waals surface area (Å²) in [4.78, 5) is 22.1. The first-order valence-corrected chi connectivity index (χ1v) is 5.74. The highest BCUT2D eigenvalue weighted by molar-refractivity contribution is 5.94. The first-order valence-electron chi connectivity index (χ1n) is 5.74. The smallest absolute Gasteiger partial charge is 0.305 e. The summed E-state index contributed by atoms with van der Waals surface area (Å²) < 4.78 is 0. The number of hydrogen-bond donors (Lipinski definition) is 3. The van der Waals surface area contributed by atoms with E-state index in [1.165, 1.54) is 0 Å². The molecule has 1 aromatic carbocycles. The molecule has 1 unspecified atom stereocenters. The van der Waals surface area contributed by atoms with E-state index in [1.54, 1.807) is 31.2 Å². The van der Waals surface area contributed by atoms with Crippen molar-refractivity contribution in [2.75, 3.05) is 6.54 Å². The minimum atomic E-state index is -1.05. The molecule has 0 saturated carbocycles. The Morgan fingerprint density at radius 2 is 1.89 bits per heavy atom. The number of aliphatic hydroxyl groups is 1. The molecule has 0 heterocycles. The van der Waals surface area contributed by atoms with Crippen LogP contribution in [0.4, 0.5) is 0 Å². The van der Waals surface area contributed by atoms with Crippen molar-refractivity contribution in [1.29, 1.82) is 0 Å². The monoisotopic (exact) mass is 251 g/mol. The van der Waals surface area contributed by atoms with Crippen LogP contribution in [0.2, 0.25) is 0 Å². The molecule has 1 aromatic rings. The zero-order valence-corrected chi connectivity index (χ0v) is 10.2. The van der Waals surface area contributed by atoms with Gasteiger partial charge in [0.2, 0.25) is 0 Å². The van der Waals surface area contributed by atoms with Crippen LogP contribution in [-0.2, 0) is 4.79 Å². The largest absolute Gasteiger partial charge is 0.481 e. The fraction of sp³-hybridized carbons (Fsp3) is 0.385. The summed E-state index contributed by atoms with van der Waals surface area (Å²) >= 11 is 0. The van der Waals surface area contributed by atoms with Gasteiger partial charge >= 0.3 is 5.97 Å². The number of carboxylic acids is 1. The third-order valence-corrected chi connectivity index (χ3v) is 2.66. The van der Waals surface area contributed by atoms with Gasteiger partial charge in [0.25, 0.3) is 5.91 Å². The molecule has 18 heavy (non-hydrogen) atoms. The maximum absolute atomic E-state index is 11.7. The highest BCUT2D eigenvalue weighted by Gasteiger charge is 2.18. The molecule has 0 fully saturated rings. The summed E-state index contributed by atoms with van der Waals surface area (Å²) in [5.74, 6) is -1.59. The number of benzene rings is 1. The lowest BCUT2D eigenvalue weighted by atomic mass is 10.0. The second-order valence-corrected chi connectivity index (χ2v) is 4.22. The SMILES string of the molecule is CC(CNC(=O)c1ccccc1)[C@H](O)CC(=O)O. The highest BCUT2D eigenvalue weighted by atomic mass is 16.4. The van der Waals surface area contributed by atoms with Gasteiger partial charge in [-0.05, 0) is 18.1 Å².